The van der Waals surface area contributed by atoms with Crippen molar-refractivity contribution < 1.29 is 18.4 Å². The molecular formula is C42H33ClF2N8O2. The maximum Gasteiger partial charge on any atom is 0.258 e. The molecule has 0 saturated carbocycles. The van der Waals surface area contributed by atoms with Gasteiger partial charge in [0.1, 0.15) is 11.6 Å². The molecule has 0 fully saturated rings. The topological polar surface area (TPSA) is 128 Å². The number of carbonyl (C=O) groups is 2. The zero-order valence-corrected chi connectivity index (χ0v) is 30.9. The molecule has 55 heavy (non-hydrogen) atoms. The van der Waals surface area contributed by atoms with E-state index in [0.717, 1.165) is 22.5 Å². The Morgan fingerprint density at radius 2 is 1.40 bits per heavy atom. The molecule has 0 bridgehead atoms. The second kappa shape index (κ2) is 15.4. The summed E-state index contributed by atoms with van der Waals surface area (Å²) in [7, 11) is 0. The Bertz CT molecular complexity index is 2610. The summed E-state index contributed by atoms with van der Waals surface area (Å²) in [5, 5.41) is 10.4. The van der Waals surface area contributed by atoms with Gasteiger partial charge in [-0.3, -0.25) is 9.59 Å². The zero-order valence-electron chi connectivity index (χ0n) is 30.2. The maximum absolute atomic E-state index is 14.7. The van der Waals surface area contributed by atoms with Gasteiger partial charge < -0.3 is 10.6 Å². The molecule has 13 heteroatoms. The number of aryl methyl sites for hydroxylation is 4. The third-order valence-electron chi connectivity index (χ3n) is 8.82. The van der Waals surface area contributed by atoms with Crippen molar-refractivity contribution in [3.8, 4) is 28.2 Å². The monoisotopic (exact) mass is 754 g/mol. The maximum atomic E-state index is 14.7. The van der Waals surface area contributed by atoms with Gasteiger partial charge in [0.2, 0.25) is 0 Å². The second-order valence-corrected chi connectivity index (χ2v) is 13.3. The van der Waals surface area contributed by atoms with E-state index in [1.165, 1.54) is 25.3 Å². The quantitative estimate of drug-likeness (QED) is 0.151. The van der Waals surface area contributed by atoms with Crippen molar-refractivity contribution >= 4 is 34.8 Å². The van der Waals surface area contributed by atoms with Crippen LogP contribution in [0, 0.1) is 39.3 Å². The van der Waals surface area contributed by atoms with Crippen LogP contribution in [0.1, 0.15) is 54.9 Å². The number of rotatable bonds is 9. The Morgan fingerprint density at radius 1 is 0.709 bits per heavy atom. The molecule has 4 aromatic carbocycles. The number of hydrogen-bond donors (Lipinski definition) is 2. The number of carbonyl (C=O) groups excluding carboxylic acids is 2. The van der Waals surface area contributed by atoms with Crippen LogP contribution in [0.4, 0.5) is 20.2 Å². The van der Waals surface area contributed by atoms with Crippen molar-refractivity contribution in [3.05, 3.63) is 165 Å². The predicted octanol–water partition coefficient (Wildman–Crippen LogP) is 9.05. The third kappa shape index (κ3) is 7.85. The van der Waals surface area contributed by atoms with E-state index in [2.05, 4.69) is 30.7 Å². The molecule has 0 radical (unpaired) electrons. The van der Waals surface area contributed by atoms with Crippen LogP contribution in [0.15, 0.2) is 103 Å². The van der Waals surface area contributed by atoms with Crippen molar-refractivity contribution in [2.24, 2.45) is 0 Å². The molecule has 0 aliphatic rings. The minimum absolute atomic E-state index is 0.0899. The number of anilines is 2. The number of hydrogen-bond acceptors (Lipinski definition) is 7. The first-order valence-electron chi connectivity index (χ1n) is 17.2. The Labute approximate surface area is 320 Å². The summed E-state index contributed by atoms with van der Waals surface area (Å²) in [4.78, 5) is 45.1. The minimum Gasteiger partial charge on any atom is -0.319 e. The van der Waals surface area contributed by atoms with Crippen LogP contribution in [0.25, 0.3) is 28.2 Å². The molecule has 0 atom stereocenters. The van der Waals surface area contributed by atoms with Crippen LogP contribution < -0.4 is 10.6 Å². The molecule has 7 aromatic rings. The largest absolute Gasteiger partial charge is 0.319 e. The van der Waals surface area contributed by atoms with E-state index in [9.17, 15) is 18.4 Å². The number of benzene rings is 4. The van der Waals surface area contributed by atoms with Crippen LogP contribution in [-0.2, 0) is 6.42 Å². The van der Waals surface area contributed by atoms with Crippen LogP contribution in [0.5, 0.6) is 0 Å². The number of aromatic nitrogens is 6. The van der Waals surface area contributed by atoms with Crippen LogP contribution in [0.2, 0.25) is 5.02 Å². The number of nitrogens with zero attached hydrogens (tertiary/aromatic N) is 6. The predicted molar refractivity (Wildman–Crippen MR) is 208 cm³/mol. The summed E-state index contributed by atoms with van der Waals surface area (Å²) in [6.07, 6.45) is 3.30. The van der Waals surface area contributed by atoms with E-state index in [4.69, 9.17) is 16.6 Å². The lowest BCUT2D eigenvalue weighted by molar-refractivity contribution is 0.101. The molecule has 10 nitrogen and oxygen atoms in total. The standard InChI is InChI=1S/C42H33ClF2N8O2/c1-23-13-15-31(38(45)37(23)44)41(54)49-34-21-46-26(4)48-40(34)29-12-8-9-27(18-29)19-36-47-22-35(39(51-36)28-10-6-5-7-11-28)50-42(55)32-20-30(14-16-33(32)43)53-25(3)17-24(2)52-53/h5-18,20-22H,19H2,1-4H3,(H,49,54)(H,50,55). The zero-order chi connectivity index (χ0) is 38.8. The normalized spacial score (nSPS) is 11.0. The molecule has 274 valence electrons. The lowest BCUT2D eigenvalue weighted by Crippen LogP contribution is -2.16. The molecule has 0 saturated heterocycles. The Kier molecular flexibility index (Phi) is 10.2. The van der Waals surface area contributed by atoms with E-state index in [-0.39, 0.29) is 21.8 Å². The highest BCUT2D eigenvalue weighted by atomic mass is 35.5. The highest BCUT2D eigenvalue weighted by Crippen LogP contribution is 2.30. The van der Waals surface area contributed by atoms with Crippen LogP contribution >= 0.6 is 11.6 Å². The summed E-state index contributed by atoms with van der Waals surface area (Å²) in [6, 6.07) is 26.5. The van der Waals surface area contributed by atoms with E-state index in [1.54, 1.807) is 36.0 Å². The van der Waals surface area contributed by atoms with Gasteiger partial charge in [0.25, 0.3) is 11.8 Å². The summed E-state index contributed by atoms with van der Waals surface area (Å²) in [6.45, 7) is 6.96. The number of halogens is 3. The van der Waals surface area contributed by atoms with E-state index in [0.29, 0.717) is 46.4 Å². The van der Waals surface area contributed by atoms with Gasteiger partial charge in [-0.1, -0.05) is 66.2 Å². The van der Waals surface area contributed by atoms with Crippen LogP contribution in [-0.4, -0.2) is 41.5 Å². The SMILES string of the molecule is Cc1cc(C)n(-c2ccc(Cl)c(C(=O)Nc3cnc(Cc4cccc(-c5nc(C)ncc5NC(=O)c5ccc(C)c(F)c5F)c4)nc3-c3ccccc3)c2)n1. The van der Waals surface area contributed by atoms with E-state index in [1.807, 2.05) is 74.5 Å². The number of nitrogens with one attached hydrogen (secondary N) is 2. The molecule has 0 spiro atoms. The summed E-state index contributed by atoms with van der Waals surface area (Å²) in [5.74, 6) is -2.68. The molecule has 7 rings (SSSR count). The highest BCUT2D eigenvalue weighted by Gasteiger charge is 2.21. The summed E-state index contributed by atoms with van der Waals surface area (Å²) >= 11 is 6.53. The summed E-state index contributed by atoms with van der Waals surface area (Å²) in [5.41, 5.74) is 6.11. The Balaban J connectivity index is 1.17. The van der Waals surface area contributed by atoms with Crippen molar-refractivity contribution in [2.75, 3.05) is 10.6 Å². The first-order valence-corrected chi connectivity index (χ1v) is 17.6. The minimum atomic E-state index is -1.23. The third-order valence-corrected chi connectivity index (χ3v) is 9.15. The first-order chi connectivity index (χ1) is 26.4. The fourth-order valence-corrected chi connectivity index (χ4v) is 6.32. The van der Waals surface area contributed by atoms with Gasteiger partial charge in [0, 0.05) is 23.2 Å². The van der Waals surface area contributed by atoms with Crippen molar-refractivity contribution in [2.45, 2.75) is 34.1 Å². The number of amides is 2. The molecule has 2 N–H and O–H groups in total. The Hall–Kier alpha value is -6.66. The molecule has 0 unspecified atom stereocenters. The van der Waals surface area contributed by atoms with Crippen molar-refractivity contribution in [1.29, 1.82) is 0 Å². The van der Waals surface area contributed by atoms with Crippen molar-refractivity contribution in [1.82, 2.24) is 29.7 Å². The van der Waals surface area contributed by atoms with Gasteiger partial charge >= 0.3 is 0 Å². The Morgan fingerprint density at radius 3 is 2.13 bits per heavy atom. The van der Waals surface area contributed by atoms with Crippen LogP contribution in [0.3, 0.4) is 0 Å². The lowest BCUT2D eigenvalue weighted by atomic mass is 10.0. The molecule has 2 amide bonds. The van der Waals surface area contributed by atoms with Gasteiger partial charge in [0.05, 0.1) is 62.7 Å². The van der Waals surface area contributed by atoms with Gasteiger partial charge in [-0.2, -0.15) is 5.10 Å². The lowest BCUT2D eigenvalue weighted by Gasteiger charge is -2.14. The summed E-state index contributed by atoms with van der Waals surface area (Å²) < 4.78 is 30.7. The van der Waals surface area contributed by atoms with E-state index >= 15 is 0 Å². The van der Waals surface area contributed by atoms with Crippen molar-refractivity contribution in [3.63, 3.8) is 0 Å². The molecule has 3 heterocycles. The molecule has 3 aromatic heterocycles. The highest BCUT2D eigenvalue weighted by molar-refractivity contribution is 6.34. The smallest absolute Gasteiger partial charge is 0.258 e. The molecule has 0 aliphatic heterocycles. The second-order valence-electron chi connectivity index (χ2n) is 12.9. The average Bonchev–Trinajstić information content (AvgIpc) is 3.52. The average molecular weight is 755 g/mol. The van der Waals surface area contributed by atoms with Gasteiger partial charge in [-0.25, -0.2) is 33.4 Å². The fourth-order valence-electron chi connectivity index (χ4n) is 6.11. The van der Waals surface area contributed by atoms with Gasteiger partial charge in [0.15, 0.2) is 11.6 Å². The fraction of sp³-hybridized carbons (Fsp3) is 0.119. The van der Waals surface area contributed by atoms with Gasteiger partial charge in [-0.05, 0) is 75.2 Å². The first kappa shape index (κ1) is 36.7. The van der Waals surface area contributed by atoms with E-state index < -0.39 is 29.0 Å². The molecule has 0 aliphatic carbocycles. The van der Waals surface area contributed by atoms with Gasteiger partial charge in [-0.15, -0.1) is 0 Å². The molecular weight excluding hydrogens is 722 g/mol.